The van der Waals surface area contributed by atoms with Crippen LogP contribution < -0.4 is 0 Å². The molecule has 1 aliphatic rings. The topological polar surface area (TPSA) is 44.5 Å². The van der Waals surface area contributed by atoms with E-state index >= 15 is 0 Å². The largest absolute Gasteiger partial charge is 0.441 e. The third-order valence-electron chi connectivity index (χ3n) is 3.78. The van der Waals surface area contributed by atoms with Gasteiger partial charge in [0.2, 0.25) is 0 Å². The third-order valence-corrected chi connectivity index (χ3v) is 3.78. The van der Waals surface area contributed by atoms with Crippen LogP contribution in [0.2, 0.25) is 0 Å². The zero-order chi connectivity index (χ0) is 14.5. The van der Waals surface area contributed by atoms with Crippen molar-refractivity contribution in [3.63, 3.8) is 0 Å². The van der Waals surface area contributed by atoms with Gasteiger partial charge in [0.05, 0.1) is 19.4 Å². The van der Waals surface area contributed by atoms with Crippen LogP contribution in [0.15, 0.2) is 40.9 Å². The Morgan fingerprint density at radius 3 is 2.62 bits per heavy atom. The molecule has 1 aromatic carbocycles. The Hall–Kier alpha value is -1.65. The summed E-state index contributed by atoms with van der Waals surface area (Å²) in [4.78, 5) is 4.35. The first-order chi connectivity index (χ1) is 10.3. The van der Waals surface area contributed by atoms with Crippen molar-refractivity contribution in [1.82, 2.24) is 4.98 Å². The van der Waals surface area contributed by atoms with Crippen molar-refractivity contribution in [3.8, 4) is 11.3 Å². The summed E-state index contributed by atoms with van der Waals surface area (Å²) < 4.78 is 17.0. The van der Waals surface area contributed by atoms with Crippen molar-refractivity contribution in [2.24, 2.45) is 0 Å². The van der Waals surface area contributed by atoms with E-state index in [2.05, 4.69) is 4.98 Å². The molecule has 3 rings (SSSR count). The van der Waals surface area contributed by atoms with E-state index in [1.54, 1.807) is 6.20 Å². The average Bonchev–Trinajstić information content (AvgIpc) is 3.14. The molecule has 4 nitrogen and oxygen atoms in total. The van der Waals surface area contributed by atoms with Gasteiger partial charge in [-0.05, 0) is 19.8 Å². The third kappa shape index (κ3) is 3.71. The van der Waals surface area contributed by atoms with Gasteiger partial charge in [0.25, 0.3) is 0 Å². The molecule has 21 heavy (non-hydrogen) atoms. The zero-order valence-corrected chi connectivity index (χ0v) is 12.4. The summed E-state index contributed by atoms with van der Waals surface area (Å²) in [6.45, 7) is 3.42. The molecule has 2 heterocycles. The van der Waals surface area contributed by atoms with Gasteiger partial charge in [-0.25, -0.2) is 4.98 Å². The molecule has 1 aromatic heterocycles. The normalized spacial score (nSPS) is 17.2. The van der Waals surface area contributed by atoms with Crippen LogP contribution >= 0.6 is 0 Å². The number of unbranched alkanes of at least 4 members (excludes halogenated alkanes) is 1. The van der Waals surface area contributed by atoms with Crippen LogP contribution in [0.25, 0.3) is 11.3 Å². The van der Waals surface area contributed by atoms with Gasteiger partial charge in [-0.1, -0.05) is 30.3 Å². The number of nitrogens with zero attached hydrogens (tertiary/aromatic N) is 1. The van der Waals surface area contributed by atoms with Crippen molar-refractivity contribution >= 4 is 0 Å². The van der Waals surface area contributed by atoms with Gasteiger partial charge in [0, 0.05) is 18.4 Å². The lowest BCUT2D eigenvalue weighted by atomic mass is 10.1. The summed E-state index contributed by atoms with van der Waals surface area (Å²) >= 11 is 0. The molecular weight excluding hydrogens is 266 g/mol. The maximum absolute atomic E-state index is 5.79. The molecule has 0 bridgehead atoms. The van der Waals surface area contributed by atoms with Crippen molar-refractivity contribution < 1.29 is 13.9 Å². The lowest BCUT2D eigenvalue weighted by molar-refractivity contribution is -0.147. The Labute approximate surface area is 125 Å². The van der Waals surface area contributed by atoms with Crippen LogP contribution in [0, 0.1) is 0 Å². The predicted molar refractivity (Wildman–Crippen MR) is 79.8 cm³/mol. The van der Waals surface area contributed by atoms with Crippen LogP contribution in [0.4, 0.5) is 0 Å². The molecule has 112 valence electrons. The first-order valence-electron chi connectivity index (χ1n) is 7.53. The van der Waals surface area contributed by atoms with E-state index in [9.17, 15) is 0 Å². The number of hydrogen-bond acceptors (Lipinski definition) is 4. The highest BCUT2D eigenvalue weighted by Crippen LogP contribution is 2.25. The Balaban J connectivity index is 1.47. The van der Waals surface area contributed by atoms with Gasteiger partial charge < -0.3 is 13.9 Å². The minimum absolute atomic E-state index is 0.383. The molecular formula is C17H21NO3. The summed E-state index contributed by atoms with van der Waals surface area (Å²) in [5.41, 5.74) is 1.07. The van der Waals surface area contributed by atoms with Gasteiger partial charge >= 0.3 is 0 Å². The molecule has 1 aliphatic heterocycles. The van der Waals surface area contributed by atoms with Crippen molar-refractivity contribution in [2.45, 2.75) is 38.4 Å². The molecule has 0 aliphatic carbocycles. The van der Waals surface area contributed by atoms with Gasteiger partial charge in [-0.2, -0.15) is 0 Å². The highest BCUT2D eigenvalue weighted by molar-refractivity contribution is 5.55. The number of hydrogen-bond donors (Lipinski definition) is 0. The van der Waals surface area contributed by atoms with Crippen molar-refractivity contribution in [3.05, 3.63) is 42.4 Å². The first-order valence-corrected chi connectivity index (χ1v) is 7.53. The second-order valence-electron chi connectivity index (χ2n) is 5.52. The molecule has 0 saturated carbocycles. The van der Waals surface area contributed by atoms with Gasteiger partial charge in [-0.3, -0.25) is 0 Å². The number of ether oxygens (including phenoxy) is 2. The van der Waals surface area contributed by atoms with Crippen molar-refractivity contribution in [1.29, 1.82) is 0 Å². The fourth-order valence-electron chi connectivity index (χ4n) is 2.59. The Kier molecular flexibility index (Phi) is 4.36. The lowest BCUT2D eigenvalue weighted by Crippen LogP contribution is -2.25. The molecule has 4 heteroatoms. The van der Waals surface area contributed by atoms with E-state index in [1.807, 2.05) is 37.3 Å². The fraction of sp³-hybridized carbons (Fsp3) is 0.471. The Morgan fingerprint density at radius 2 is 1.86 bits per heavy atom. The first kappa shape index (κ1) is 14.3. The highest BCUT2D eigenvalue weighted by Gasteiger charge is 2.29. The van der Waals surface area contributed by atoms with E-state index in [0.29, 0.717) is 13.2 Å². The van der Waals surface area contributed by atoms with Crippen LogP contribution in [-0.4, -0.2) is 24.0 Å². The minimum atomic E-state index is -0.383. The average molecular weight is 287 g/mol. The van der Waals surface area contributed by atoms with Crippen LogP contribution in [-0.2, 0) is 15.9 Å². The predicted octanol–water partition coefficient (Wildman–Crippen LogP) is 3.82. The van der Waals surface area contributed by atoms with Crippen LogP contribution in [0.1, 0.15) is 32.1 Å². The Bertz CT molecular complexity index is 558. The molecule has 1 fully saturated rings. The molecule has 1 saturated heterocycles. The molecule has 0 unspecified atom stereocenters. The second-order valence-corrected chi connectivity index (χ2v) is 5.52. The van der Waals surface area contributed by atoms with Gasteiger partial charge in [0.1, 0.15) is 0 Å². The number of rotatable bonds is 6. The summed E-state index contributed by atoms with van der Waals surface area (Å²) in [7, 11) is 0. The van der Waals surface area contributed by atoms with E-state index in [4.69, 9.17) is 13.9 Å². The molecule has 0 spiro atoms. The quantitative estimate of drug-likeness (QED) is 0.758. The van der Waals surface area contributed by atoms with Crippen molar-refractivity contribution in [2.75, 3.05) is 13.2 Å². The van der Waals surface area contributed by atoms with Gasteiger partial charge in [0.15, 0.2) is 17.4 Å². The van der Waals surface area contributed by atoms with Crippen LogP contribution in [0.5, 0.6) is 0 Å². The summed E-state index contributed by atoms with van der Waals surface area (Å²) in [6, 6.07) is 10.0. The van der Waals surface area contributed by atoms with Gasteiger partial charge in [-0.15, -0.1) is 0 Å². The minimum Gasteiger partial charge on any atom is -0.441 e. The summed E-state index contributed by atoms with van der Waals surface area (Å²) in [5, 5.41) is 0. The maximum Gasteiger partial charge on any atom is 0.194 e. The Morgan fingerprint density at radius 1 is 1.10 bits per heavy atom. The summed E-state index contributed by atoms with van der Waals surface area (Å²) in [5.74, 6) is 1.25. The number of aromatic nitrogens is 1. The number of aryl methyl sites for hydroxylation is 1. The van der Waals surface area contributed by atoms with E-state index in [0.717, 1.165) is 42.9 Å². The number of oxazole rings is 1. The zero-order valence-electron chi connectivity index (χ0n) is 12.4. The fourth-order valence-corrected chi connectivity index (χ4v) is 2.59. The molecule has 0 N–H and O–H groups in total. The SMILES string of the molecule is CC1(CCCCc2ncc(-c3ccccc3)o2)OCCO1. The lowest BCUT2D eigenvalue weighted by Gasteiger charge is -2.21. The molecule has 0 atom stereocenters. The number of benzene rings is 1. The smallest absolute Gasteiger partial charge is 0.194 e. The van der Waals surface area contributed by atoms with Crippen LogP contribution in [0.3, 0.4) is 0 Å². The van der Waals surface area contributed by atoms with E-state index in [-0.39, 0.29) is 5.79 Å². The maximum atomic E-state index is 5.79. The second kappa shape index (κ2) is 6.41. The highest BCUT2D eigenvalue weighted by atomic mass is 16.7. The van der Waals surface area contributed by atoms with E-state index in [1.165, 1.54) is 0 Å². The molecule has 2 aromatic rings. The summed E-state index contributed by atoms with van der Waals surface area (Å²) in [6.07, 6.45) is 5.63. The standard InChI is InChI=1S/C17H21NO3/c1-17(19-11-12-20-17)10-6-5-9-16-18-13-15(21-16)14-7-3-2-4-8-14/h2-4,7-8,13H,5-6,9-12H2,1H3. The monoisotopic (exact) mass is 287 g/mol. The molecule has 0 radical (unpaired) electrons. The van der Waals surface area contributed by atoms with E-state index < -0.39 is 0 Å². The molecule has 0 amide bonds.